The van der Waals surface area contributed by atoms with E-state index in [9.17, 15) is 0 Å². The first-order valence-corrected chi connectivity index (χ1v) is 17.9. The third-order valence-corrected chi connectivity index (χ3v) is 10.8. The molecule has 6 heterocycles. The summed E-state index contributed by atoms with van der Waals surface area (Å²) in [5, 5.41) is 2.24. The number of fused-ring (bicyclic) bond motifs is 5. The van der Waals surface area contributed by atoms with Gasteiger partial charge in [-0.05, 0) is 64.0 Å². The number of benzene rings is 4. The molecule has 0 N–H and O–H groups in total. The summed E-state index contributed by atoms with van der Waals surface area (Å²) in [5.41, 5.74) is 8.66. The topological polar surface area (TPSA) is 70.4 Å². The Balaban J connectivity index is 0.00000360. The van der Waals surface area contributed by atoms with E-state index in [1.165, 1.54) is 4.70 Å². The van der Waals surface area contributed by atoms with Crippen molar-refractivity contribution in [2.24, 2.45) is 0 Å². The molecule has 0 spiro atoms. The molecule has 6 aromatic heterocycles. The molecule has 0 saturated heterocycles. The van der Waals surface area contributed by atoms with Crippen molar-refractivity contribution in [3.63, 3.8) is 0 Å². The molecule has 258 valence electrons. The van der Waals surface area contributed by atoms with Crippen LogP contribution in [0.1, 0.15) is 52.7 Å². The van der Waals surface area contributed by atoms with E-state index in [4.69, 9.17) is 24.1 Å². The predicted octanol–water partition coefficient (Wildman–Crippen LogP) is 11.4. The van der Waals surface area contributed by atoms with Crippen molar-refractivity contribution in [2.75, 3.05) is 0 Å². The minimum atomic E-state index is -0.249. The van der Waals surface area contributed by atoms with Gasteiger partial charge in [0, 0.05) is 26.1 Å². The fourth-order valence-electron chi connectivity index (χ4n) is 7.15. The molecular formula is C43H33N5O2PtS. The number of rotatable bonds is 4. The molecule has 0 aliphatic heterocycles. The van der Waals surface area contributed by atoms with E-state index in [1.54, 1.807) is 11.3 Å². The number of thiophene rings is 1. The summed E-state index contributed by atoms with van der Waals surface area (Å²) in [7, 11) is 0. The summed E-state index contributed by atoms with van der Waals surface area (Å²) in [6.45, 7) is 13.1. The Morgan fingerprint density at radius 3 is 2.42 bits per heavy atom. The standard InChI is InChI=1S/C43H33N5O2S.Pt/c1-42(2,3)25-20-24(29-23-35-38-37-33(50-40(38)44-29)16-11-17-34(37)51-35)21-26(22-25)49-39-27(43(4,5)6)18-19-36(46-39)48-32-15-10-9-14-31(32)47-30-13-8-7-12-28(30)45-41(47)48;/h7-14,16-20,22-23H,1-6H3;/q-2;+2. The number of para-hydroxylation sites is 3. The van der Waals surface area contributed by atoms with Gasteiger partial charge in [0.25, 0.3) is 0 Å². The van der Waals surface area contributed by atoms with E-state index in [2.05, 4.69) is 105 Å². The molecule has 4 aromatic carbocycles. The van der Waals surface area contributed by atoms with Crippen LogP contribution in [-0.2, 0) is 31.9 Å². The number of hydrogen-bond acceptors (Lipinski definition) is 6. The minimum Gasteiger partial charge on any atom is -0.459 e. The van der Waals surface area contributed by atoms with E-state index in [-0.39, 0.29) is 31.9 Å². The fourth-order valence-corrected chi connectivity index (χ4v) is 8.30. The molecule has 0 saturated carbocycles. The molecule has 0 aliphatic rings. The van der Waals surface area contributed by atoms with E-state index < -0.39 is 0 Å². The second-order valence-electron chi connectivity index (χ2n) is 15.3. The summed E-state index contributed by atoms with van der Waals surface area (Å²) in [4.78, 5) is 15.3. The van der Waals surface area contributed by atoms with E-state index >= 15 is 0 Å². The van der Waals surface area contributed by atoms with Crippen molar-refractivity contribution in [1.82, 2.24) is 23.9 Å². The van der Waals surface area contributed by atoms with Crippen LogP contribution in [0.5, 0.6) is 11.6 Å². The van der Waals surface area contributed by atoms with E-state index in [0.29, 0.717) is 23.2 Å². The van der Waals surface area contributed by atoms with E-state index in [1.807, 2.05) is 48.5 Å². The summed E-state index contributed by atoms with van der Waals surface area (Å²) in [6, 6.07) is 38.0. The summed E-state index contributed by atoms with van der Waals surface area (Å²) >= 11 is 1.76. The van der Waals surface area contributed by atoms with Crippen LogP contribution in [0.15, 0.2) is 95.4 Å². The van der Waals surface area contributed by atoms with Gasteiger partial charge < -0.3 is 13.6 Å². The van der Waals surface area contributed by atoms with E-state index in [0.717, 1.165) is 71.3 Å². The normalized spacial score (nSPS) is 12.7. The molecule has 0 aliphatic carbocycles. The third-order valence-electron chi connectivity index (χ3n) is 9.71. The molecule has 0 bridgehead atoms. The molecule has 0 atom stereocenters. The Kier molecular flexibility index (Phi) is 7.25. The Labute approximate surface area is 318 Å². The number of nitrogens with zero attached hydrogens (tertiary/aromatic N) is 5. The first-order chi connectivity index (χ1) is 24.5. The fraction of sp³-hybridized carbons (Fsp3) is 0.186. The van der Waals surface area contributed by atoms with Crippen LogP contribution in [0.3, 0.4) is 0 Å². The van der Waals surface area contributed by atoms with Gasteiger partial charge in [-0.15, -0.1) is 34.6 Å². The first kappa shape index (κ1) is 32.8. The summed E-state index contributed by atoms with van der Waals surface area (Å²) < 4.78 is 19.7. The average Bonchev–Trinajstić information content (AvgIpc) is 3.85. The molecule has 7 nitrogen and oxygen atoms in total. The zero-order valence-electron chi connectivity index (χ0n) is 29.4. The number of ether oxygens (including phenoxy) is 1. The van der Waals surface area contributed by atoms with Gasteiger partial charge in [0.2, 0.25) is 17.4 Å². The van der Waals surface area contributed by atoms with Gasteiger partial charge in [-0.25, -0.2) is 4.98 Å². The van der Waals surface area contributed by atoms with Crippen molar-refractivity contribution in [3.05, 3.63) is 114 Å². The smallest absolute Gasteiger partial charge is 0.459 e. The summed E-state index contributed by atoms with van der Waals surface area (Å²) in [6.07, 6.45) is 0. The van der Waals surface area contributed by atoms with Crippen LogP contribution in [0, 0.1) is 12.1 Å². The van der Waals surface area contributed by atoms with Crippen LogP contribution >= 0.6 is 11.3 Å². The average molecular weight is 879 g/mol. The molecule has 52 heavy (non-hydrogen) atoms. The van der Waals surface area contributed by atoms with Gasteiger partial charge >= 0.3 is 21.1 Å². The Morgan fingerprint density at radius 2 is 1.60 bits per heavy atom. The van der Waals surface area contributed by atoms with Crippen LogP contribution in [0.25, 0.3) is 76.4 Å². The molecular weight excluding hydrogens is 846 g/mol. The number of aromatic nitrogens is 5. The molecule has 0 unspecified atom stereocenters. The van der Waals surface area contributed by atoms with Crippen molar-refractivity contribution < 1.29 is 30.2 Å². The van der Waals surface area contributed by atoms with Crippen molar-refractivity contribution in [3.8, 4) is 28.7 Å². The van der Waals surface area contributed by atoms with Gasteiger partial charge in [0.05, 0.1) is 16.4 Å². The van der Waals surface area contributed by atoms with Gasteiger partial charge in [-0.3, -0.25) is 9.55 Å². The third kappa shape index (κ3) is 4.99. The molecule has 0 radical (unpaired) electrons. The van der Waals surface area contributed by atoms with Gasteiger partial charge in [-0.2, -0.15) is 23.2 Å². The van der Waals surface area contributed by atoms with Crippen LogP contribution in [0.2, 0.25) is 0 Å². The molecule has 9 heteroatoms. The molecule has 0 amide bonds. The number of hydrogen-bond donors (Lipinski definition) is 0. The first-order valence-electron chi connectivity index (χ1n) is 17.1. The Bertz CT molecular complexity index is 2930. The van der Waals surface area contributed by atoms with Crippen molar-refractivity contribution >= 4 is 70.7 Å². The number of furan rings is 1. The zero-order valence-corrected chi connectivity index (χ0v) is 32.5. The Morgan fingerprint density at radius 1 is 0.769 bits per heavy atom. The van der Waals surface area contributed by atoms with Crippen molar-refractivity contribution in [1.29, 1.82) is 0 Å². The van der Waals surface area contributed by atoms with Crippen LogP contribution < -0.4 is 4.74 Å². The second kappa shape index (κ2) is 11.5. The predicted molar refractivity (Wildman–Crippen MR) is 206 cm³/mol. The monoisotopic (exact) mass is 878 g/mol. The minimum absolute atomic E-state index is 0. The SMILES string of the molecule is CC(C)(C)c1cc(Oc2nc(-n3c4[c-]cccc4n4c5ccccc5nc34)ccc2C(C)(C)C)[c-]c(-c2cc3sc4cccc5oc(n2)c3c54)c1.[Pt+2]. The Hall–Kier alpha value is -5.04. The molecule has 0 fully saturated rings. The van der Waals surface area contributed by atoms with Gasteiger partial charge in [0.15, 0.2) is 0 Å². The second-order valence-corrected chi connectivity index (χ2v) is 16.3. The molecule has 10 aromatic rings. The summed E-state index contributed by atoms with van der Waals surface area (Å²) in [5.74, 6) is 2.55. The number of pyridine rings is 2. The quantitative estimate of drug-likeness (QED) is 0.165. The van der Waals surface area contributed by atoms with Crippen LogP contribution in [-0.4, -0.2) is 23.9 Å². The maximum atomic E-state index is 6.87. The largest absolute Gasteiger partial charge is 2.00 e. The van der Waals surface area contributed by atoms with Gasteiger partial charge in [-0.1, -0.05) is 77.9 Å². The van der Waals surface area contributed by atoms with Gasteiger partial charge in [0.1, 0.15) is 11.4 Å². The number of imidazole rings is 2. The zero-order chi connectivity index (χ0) is 34.8. The van der Waals surface area contributed by atoms with Crippen molar-refractivity contribution in [2.45, 2.75) is 52.4 Å². The van der Waals surface area contributed by atoms with Crippen LogP contribution in [0.4, 0.5) is 0 Å². The maximum absolute atomic E-state index is 6.87. The maximum Gasteiger partial charge on any atom is 2.00 e. The molecule has 10 rings (SSSR count).